The minimum absolute atomic E-state index is 0.0234. The molecule has 4 nitrogen and oxygen atoms in total. The molecule has 1 heterocycles. The second-order valence-corrected chi connectivity index (χ2v) is 4.92. The van der Waals surface area contributed by atoms with Crippen LogP contribution in [0.1, 0.15) is 30.8 Å². The van der Waals surface area contributed by atoms with Gasteiger partial charge in [0.15, 0.2) is 5.78 Å². The van der Waals surface area contributed by atoms with Crippen LogP contribution in [0.2, 0.25) is 5.15 Å². The summed E-state index contributed by atoms with van der Waals surface area (Å²) in [5, 5.41) is 4.46. The third kappa shape index (κ3) is 2.96. The van der Waals surface area contributed by atoms with Gasteiger partial charge in [-0.05, 0) is 18.4 Å². The van der Waals surface area contributed by atoms with Gasteiger partial charge in [-0.15, -0.1) is 0 Å². The molecular weight excluding hydrogens is 276 g/mol. The summed E-state index contributed by atoms with van der Waals surface area (Å²) in [5.74, 6) is -0.414. The zero-order valence-corrected chi connectivity index (χ0v) is 12.1. The third-order valence-electron chi connectivity index (χ3n) is 3.10. The molecular formula is C15H15ClN2O2. The van der Waals surface area contributed by atoms with Crippen LogP contribution in [0.25, 0.3) is 10.8 Å². The second-order valence-electron chi connectivity index (χ2n) is 4.53. The van der Waals surface area contributed by atoms with Gasteiger partial charge in [0.05, 0.1) is 6.04 Å². The van der Waals surface area contributed by atoms with E-state index >= 15 is 0 Å². The van der Waals surface area contributed by atoms with E-state index in [1.54, 1.807) is 26.0 Å². The smallest absolute Gasteiger partial charge is 0.271 e. The summed E-state index contributed by atoms with van der Waals surface area (Å²) in [6.45, 7) is 3.43. The maximum Gasteiger partial charge on any atom is 0.271 e. The Labute approximate surface area is 122 Å². The molecule has 0 aliphatic rings. The minimum Gasteiger partial charge on any atom is -0.341 e. The van der Waals surface area contributed by atoms with Gasteiger partial charge in [0.25, 0.3) is 5.91 Å². The van der Waals surface area contributed by atoms with E-state index in [2.05, 4.69) is 10.3 Å². The van der Waals surface area contributed by atoms with Crippen molar-refractivity contribution in [3.8, 4) is 0 Å². The molecule has 1 aromatic carbocycles. The Hall–Kier alpha value is -1.94. The fraction of sp³-hybridized carbons (Fsp3) is 0.267. The van der Waals surface area contributed by atoms with Crippen molar-refractivity contribution in [1.29, 1.82) is 0 Å². The molecule has 104 valence electrons. The number of aromatic nitrogens is 1. The van der Waals surface area contributed by atoms with E-state index in [-0.39, 0.29) is 16.6 Å². The lowest BCUT2D eigenvalue weighted by atomic mass is 10.1. The first-order chi connectivity index (χ1) is 9.52. The summed E-state index contributed by atoms with van der Waals surface area (Å²) in [6.07, 6.45) is 0.380. The highest BCUT2D eigenvalue weighted by Gasteiger charge is 2.18. The van der Waals surface area contributed by atoms with Crippen molar-refractivity contribution in [3.05, 3.63) is 41.2 Å². The summed E-state index contributed by atoms with van der Waals surface area (Å²) < 4.78 is 0. The molecule has 1 aromatic heterocycles. The molecule has 1 amide bonds. The summed E-state index contributed by atoms with van der Waals surface area (Å²) >= 11 is 5.94. The highest BCUT2D eigenvalue weighted by molar-refractivity contribution is 6.30. The predicted octanol–water partition coefficient (Wildman–Crippen LogP) is 2.99. The van der Waals surface area contributed by atoms with E-state index in [4.69, 9.17) is 11.6 Å². The number of pyridine rings is 1. The Morgan fingerprint density at radius 3 is 2.75 bits per heavy atom. The number of nitrogens with one attached hydrogen (secondary N) is 1. The molecule has 0 bridgehead atoms. The molecule has 0 saturated carbocycles. The fourth-order valence-corrected chi connectivity index (χ4v) is 2.19. The molecule has 1 N–H and O–H groups in total. The Morgan fingerprint density at radius 1 is 1.35 bits per heavy atom. The maximum absolute atomic E-state index is 12.3. The molecule has 20 heavy (non-hydrogen) atoms. The van der Waals surface area contributed by atoms with E-state index in [0.717, 1.165) is 5.39 Å². The molecule has 5 heteroatoms. The summed E-state index contributed by atoms with van der Waals surface area (Å²) in [7, 11) is 0. The van der Waals surface area contributed by atoms with Crippen LogP contribution in [-0.4, -0.2) is 22.7 Å². The Balaban J connectivity index is 2.37. The number of carbonyl (C=O) groups excluding carboxylic acids is 2. The monoisotopic (exact) mass is 290 g/mol. The van der Waals surface area contributed by atoms with Gasteiger partial charge in [-0.2, -0.15) is 0 Å². The molecule has 0 saturated heterocycles. The quantitative estimate of drug-likeness (QED) is 0.881. The lowest BCUT2D eigenvalue weighted by Gasteiger charge is -2.12. The number of nitrogens with zero attached hydrogens (tertiary/aromatic N) is 1. The van der Waals surface area contributed by atoms with Crippen molar-refractivity contribution in [2.24, 2.45) is 0 Å². The molecule has 0 aliphatic heterocycles. The van der Waals surface area contributed by atoms with E-state index in [1.807, 2.05) is 18.2 Å². The van der Waals surface area contributed by atoms with Crippen molar-refractivity contribution < 1.29 is 9.59 Å². The van der Waals surface area contributed by atoms with Gasteiger partial charge < -0.3 is 5.32 Å². The SMILES string of the molecule is CCC(=O)[C@H](C)NC(=O)c1nc(Cl)cc2ccccc12. The number of ketones is 1. The number of hydrogen-bond acceptors (Lipinski definition) is 3. The lowest BCUT2D eigenvalue weighted by Crippen LogP contribution is -2.38. The van der Waals surface area contributed by atoms with Crippen LogP contribution in [0.4, 0.5) is 0 Å². The minimum atomic E-state index is -0.535. The van der Waals surface area contributed by atoms with Gasteiger partial charge >= 0.3 is 0 Å². The molecule has 0 fully saturated rings. The van der Waals surface area contributed by atoms with Crippen molar-refractivity contribution in [2.75, 3.05) is 0 Å². The maximum atomic E-state index is 12.3. The predicted molar refractivity (Wildman–Crippen MR) is 79.0 cm³/mol. The largest absolute Gasteiger partial charge is 0.341 e. The van der Waals surface area contributed by atoms with Crippen LogP contribution < -0.4 is 5.32 Å². The van der Waals surface area contributed by atoms with Gasteiger partial charge in [-0.3, -0.25) is 9.59 Å². The summed E-state index contributed by atoms with van der Waals surface area (Å²) in [4.78, 5) is 27.9. The topological polar surface area (TPSA) is 59.1 Å². The molecule has 0 unspecified atom stereocenters. The standard InChI is InChI=1S/C15H15ClN2O2/c1-3-12(19)9(2)17-15(20)14-11-7-5-4-6-10(11)8-13(16)18-14/h4-9H,3H2,1-2H3,(H,17,20)/t9-/m0/s1. The first-order valence-electron chi connectivity index (χ1n) is 6.41. The van der Waals surface area contributed by atoms with Gasteiger partial charge in [-0.1, -0.05) is 42.8 Å². The number of rotatable bonds is 4. The number of hydrogen-bond donors (Lipinski definition) is 1. The number of benzene rings is 1. The molecule has 1 atom stereocenters. The number of fused-ring (bicyclic) bond motifs is 1. The third-order valence-corrected chi connectivity index (χ3v) is 3.30. The molecule has 0 aliphatic carbocycles. The Morgan fingerprint density at radius 2 is 2.05 bits per heavy atom. The highest BCUT2D eigenvalue weighted by Crippen LogP contribution is 2.20. The molecule has 0 spiro atoms. The van der Waals surface area contributed by atoms with Gasteiger partial charge in [-0.25, -0.2) is 4.98 Å². The van der Waals surface area contributed by atoms with Crippen LogP contribution >= 0.6 is 11.6 Å². The molecule has 0 radical (unpaired) electrons. The number of Topliss-reactive ketones (excluding diaryl/α,β-unsaturated/α-hetero) is 1. The average Bonchev–Trinajstić information content (AvgIpc) is 2.45. The van der Waals surface area contributed by atoms with Crippen LogP contribution in [0.3, 0.4) is 0 Å². The first kappa shape index (κ1) is 14.5. The van der Waals surface area contributed by atoms with Crippen LogP contribution in [0, 0.1) is 0 Å². The van der Waals surface area contributed by atoms with Crippen molar-refractivity contribution in [3.63, 3.8) is 0 Å². The van der Waals surface area contributed by atoms with Crippen LogP contribution in [0.15, 0.2) is 30.3 Å². The zero-order valence-electron chi connectivity index (χ0n) is 11.3. The van der Waals surface area contributed by atoms with Crippen LogP contribution in [-0.2, 0) is 4.79 Å². The van der Waals surface area contributed by atoms with E-state index in [1.165, 1.54) is 0 Å². The highest BCUT2D eigenvalue weighted by atomic mass is 35.5. The van der Waals surface area contributed by atoms with E-state index in [0.29, 0.717) is 11.8 Å². The van der Waals surface area contributed by atoms with Crippen LogP contribution in [0.5, 0.6) is 0 Å². The van der Waals surface area contributed by atoms with E-state index in [9.17, 15) is 9.59 Å². The second kappa shape index (κ2) is 6.01. The van der Waals surface area contributed by atoms with Gasteiger partial charge in [0.2, 0.25) is 0 Å². The number of halogens is 1. The Bertz CT molecular complexity index is 670. The summed E-state index contributed by atoms with van der Waals surface area (Å²) in [5.41, 5.74) is 0.240. The molecule has 2 aromatic rings. The Kier molecular flexibility index (Phi) is 4.35. The van der Waals surface area contributed by atoms with E-state index < -0.39 is 11.9 Å². The van der Waals surface area contributed by atoms with Gasteiger partial charge in [0.1, 0.15) is 10.8 Å². The van der Waals surface area contributed by atoms with Crippen molar-refractivity contribution in [2.45, 2.75) is 26.3 Å². The average molecular weight is 291 g/mol. The number of carbonyl (C=O) groups is 2. The lowest BCUT2D eigenvalue weighted by molar-refractivity contribution is -0.120. The normalized spacial score (nSPS) is 12.2. The molecule has 2 rings (SSSR count). The first-order valence-corrected chi connectivity index (χ1v) is 6.79. The van der Waals surface area contributed by atoms with Gasteiger partial charge in [0, 0.05) is 11.8 Å². The van der Waals surface area contributed by atoms with Crippen molar-refractivity contribution >= 4 is 34.1 Å². The van der Waals surface area contributed by atoms with Crippen molar-refractivity contribution in [1.82, 2.24) is 10.3 Å². The zero-order chi connectivity index (χ0) is 14.7. The summed E-state index contributed by atoms with van der Waals surface area (Å²) in [6, 6.07) is 8.53. The number of amides is 1. The fourth-order valence-electron chi connectivity index (χ4n) is 1.99.